The van der Waals surface area contributed by atoms with Crippen molar-refractivity contribution in [3.63, 3.8) is 0 Å². The minimum atomic E-state index is -0.778. The van der Waals surface area contributed by atoms with Crippen molar-refractivity contribution < 1.29 is 14.3 Å². The summed E-state index contributed by atoms with van der Waals surface area (Å²) in [5.41, 5.74) is 6.49. The molecule has 0 aliphatic rings. The van der Waals surface area contributed by atoms with E-state index in [1.54, 1.807) is 30.3 Å². The van der Waals surface area contributed by atoms with Crippen LogP contribution in [0.3, 0.4) is 0 Å². The van der Waals surface area contributed by atoms with Crippen LogP contribution in [-0.2, 0) is 11.4 Å². The van der Waals surface area contributed by atoms with Crippen molar-refractivity contribution in [1.29, 1.82) is 5.26 Å². The van der Waals surface area contributed by atoms with Gasteiger partial charge in [0.1, 0.15) is 18.2 Å². The van der Waals surface area contributed by atoms with Crippen LogP contribution < -0.4 is 15.2 Å². The third kappa shape index (κ3) is 5.00. The van der Waals surface area contributed by atoms with E-state index in [2.05, 4.69) is 0 Å². The lowest BCUT2D eigenvalue weighted by Crippen LogP contribution is -2.12. The van der Waals surface area contributed by atoms with E-state index in [0.29, 0.717) is 35.3 Å². The average Bonchev–Trinajstić information content (AvgIpc) is 2.60. The maximum atomic E-state index is 11.2. The number of carbonyl (C=O) groups is 1. The van der Waals surface area contributed by atoms with Crippen molar-refractivity contribution in [3.05, 3.63) is 64.2 Å². The molecule has 0 saturated carbocycles. The third-order valence-electron chi connectivity index (χ3n) is 3.31. The second-order valence-corrected chi connectivity index (χ2v) is 5.46. The second kappa shape index (κ2) is 8.76. The highest BCUT2D eigenvalue weighted by Gasteiger charge is 2.09. The summed E-state index contributed by atoms with van der Waals surface area (Å²) in [5.74, 6) is 0.265. The largest absolute Gasteiger partial charge is 0.490 e. The first-order chi connectivity index (χ1) is 12.0. The number of primary amides is 1. The molecule has 0 spiro atoms. The maximum Gasteiger partial charge on any atom is 0.259 e. The van der Waals surface area contributed by atoms with E-state index < -0.39 is 5.91 Å². The minimum Gasteiger partial charge on any atom is -0.490 e. The van der Waals surface area contributed by atoms with Crippen molar-refractivity contribution in [1.82, 2.24) is 0 Å². The summed E-state index contributed by atoms with van der Waals surface area (Å²) >= 11 is 6.13. The summed E-state index contributed by atoms with van der Waals surface area (Å²) in [5, 5.41) is 9.56. The molecule has 0 saturated heterocycles. The van der Waals surface area contributed by atoms with E-state index >= 15 is 0 Å². The third-order valence-corrected chi connectivity index (χ3v) is 3.67. The Hall–Kier alpha value is -2.97. The molecule has 0 aromatic heterocycles. The van der Waals surface area contributed by atoms with Gasteiger partial charge >= 0.3 is 0 Å². The first kappa shape index (κ1) is 18.4. The fraction of sp³-hybridized carbons (Fsp3) is 0.158. The van der Waals surface area contributed by atoms with Gasteiger partial charge in [0.2, 0.25) is 0 Å². The number of hydrogen-bond acceptors (Lipinski definition) is 4. The highest BCUT2D eigenvalue weighted by molar-refractivity contribution is 6.31. The molecular formula is C19H17ClN2O3. The highest BCUT2D eigenvalue weighted by atomic mass is 35.5. The van der Waals surface area contributed by atoms with Crippen molar-refractivity contribution in [2.45, 2.75) is 13.5 Å². The van der Waals surface area contributed by atoms with Crippen LogP contribution in [0.1, 0.15) is 18.1 Å². The molecule has 0 bridgehead atoms. The number of ether oxygens (including phenoxy) is 2. The van der Waals surface area contributed by atoms with Gasteiger partial charge in [-0.2, -0.15) is 5.26 Å². The van der Waals surface area contributed by atoms with Crippen LogP contribution in [0.2, 0.25) is 5.02 Å². The molecule has 2 N–H and O–H groups in total. The van der Waals surface area contributed by atoms with Gasteiger partial charge in [0.15, 0.2) is 11.5 Å². The average molecular weight is 357 g/mol. The Balaban J connectivity index is 2.26. The van der Waals surface area contributed by atoms with E-state index in [0.717, 1.165) is 5.56 Å². The molecule has 0 aliphatic heterocycles. The summed E-state index contributed by atoms with van der Waals surface area (Å²) in [6.45, 7) is 2.58. The summed E-state index contributed by atoms with van der Waals surface area (Å²) < 4.78 is 11.4. The van der Waals surface area contributed by atoms with Crippen LogP contribution in [0, 0.1) is 11.3 Å². The number of nitrogens with two attached hydrogens (primary N) is 1. The van der Waals surface area contributed by atoms with Gasteiger partial charge in [-0.25, -0.2) is 0 Å². The Labute approximate surface area is 151 Å². The molecule has 0 radical (unpaired) electrons. The Morgan fingerprint density at radius 1 is 1.24 bits per heavy atom. The first-order valence-electron chi connectivity index (χ1n) is 7.59. The molecular weight excluding hydrogens is 340 g/mol. The van der Waals surface area contributed by atoms with Crippen molar-refractivity contribution >= 4 is 23.6 Å². The molecule has 0 fully saturated rings. The van der Waals surface area contributed by atoms with Crippen LogP contribution in [0.5, 0.6) is 11.5 Å². The van der Waals surface area contributed by atoms with Gasteiger partial charge in [-0.3, -0.25) is 4.79 Å². The summed E-state index contributed by atoms with van der Waals surface area (Å²) in [6, 6.07) is 14.3. The maximum absolute atomic E-state index is 11.2. The standard InChI is InChI=1S/C19H17ClN2O3/c1-2-24-18-10-13(9-15(11-21)19(22)23)7-8-17(18)25-12-14-5-3-4-6-16(14)20/h3-10H,2,12H2,1H3,(H2,22,23)/b15-9-. The second-order valence-electron chi connectivity index (χ2n) is 5.05. The minimum absolute atomic E-state index is 0.132. The van der Waals surface area contributed by atoms with E-state index in [4.69, 9.17) is 32.1 Å². The Morgan fingerprint density at radius 2 is 2.00 bits per heavy atom. The molecule has 0 atom stereocenters. The lowest BCUT2D eigenvalue weighted by molar-refractivity contribution is -0.114. The van der Waals surface area contributed by atoms with Gasteiger partial charge in [-0.1, -0.05) is 35.9 Å². The van der Waals surface area contributed by atoms with Gasteiger partial charge < -0.3 is 15.2 Å². The Kier molecular flexibility index (Phi) is 6.44. The predicted molar refractivity (Wildman–Crippen MR) is 96.2 cm³/mol. The lowest BCUT2D eigenvalue weighted by atomic mass is 10.1. The monoisotopic (exact) mass is 356 g/mol. The zero-order chi connectivity index (χ0) is 18.2. The van der Waals surface area contributed by atoms with E-state index in [1.807, 2.05) is 25.1 Å². The van der Waals surface area contributed by atoms with Crippen LogP contribution >= 0.6 is 11.6 Å². The number of rotatable bonds is 7. The smallest absolute Gasteiger partial charge is 0.259 e. The summed E-state index contributed by atoms with van der Waals surface area (Å²) in [7, 11) is 0. The number of carbonyl (C=O) groups excluding carboxylic acids is 1. The molecule has 0 aliphatic carbocycles. The van der Waals surface area contributed by atoms with Crippen molar-refractivity contribution in [3.8, 4) is 17.6 Å². The quantitative estimate of drug-likeness (QED) is 0.605. The first-order valence-corrected chi connectivity index (χ1v) is 7.97. The van der Waals surface area contributed by atoms with Crippen LogP contribution in [-0.4, -0.2) is 12.5 Å². The number of amides is 1. The van der Waals surface area contributed by atoms with Gasteiger partial charge in [-0.05, 0) is 36.8 Å². The topological polar surface area (TPSA) is 85.3 Å². The lowest BCUT2D eigenvalue weighted by Gasteiger charge is -2.13. The fourth-order valence-corrected chi connectivity index (χ4v) is 2.29. The number of benzene rings is 2. The van der Waals surface area contributed by atoms with Crippen molar-refractivity contribution in [2.75, 3.05) is 6.61 Å². The predicted octanol–water partition coefficient (Wildman–Crippen LogP) is 3.71. The van der Waals surface area contributed by atoms with Gasteiger partial charge in [0.05, 0.1) is 6.61 Å². The molecule has 2 rings (SSSR count). The molecule has 5 nitrogen and oxygen atoms in total. The van der Waals surface area contributed by atoms with Crippen LogP contribution in [0.4, 0.5) is 0 Å². The molecule has 128 valence electrons. The van der Waals surface area contributed by atoms with Gasteiger partial charge in [0, 0.05) is 10.6 Å². The molecule has 2 aromatic rings. The normalized spacial score (nSPS) is 10.8. The van der Waals surface area contributed by atoms with E-state index in [9.17, 15) is 4.79 Å². The Morgan fingerprint density at radius 3 is 2.64 bits per heavy atom. The molecule has 1 amide bonds. The van der Waals surface area contributed by atoms with Gasteiger partial charge in [-0.15, -0.1) is 0 Å². The number of nitriles is 1. The zero-order valence-electron chi connectivity index (χ0n) is 13.7. The Bertz CT molecular complexity index is 841. The van der Waals surface area contributed by atoms with Crippen molar-refractivity contribution in [2.24, 2.45) is 5.73 Å². The van der Waals surface area contributed by atoms with E-state index in [-0.39, 0.29) is 5.57 Å². The highest BCUT2D eigenvalue weighted by Crippen LogP contribution is 2.30. The molecule has 2 aromatic carbocycles. The number of nitrogens with zero attached hydrogens (tertiary/aromatic N) is 1. The van der Waals surface area contributed by atoms with Crippen LogP contribution in [0.15, 0.2) is 48.0 Å². The van der Waals surface area contributed by atoms with Crippen LogP contribution in [0.25, 0.3) is 6.08 Å². The summed E-state index contributed by atoms with van der Waals surface area (Å²) in [4.78, 5) is 11.2. The molecule has 0 heterocycles. The SMILES string of the molecule is CCOc1cc(/C=C(/C#N)C(N)=O)ccc1OCc1ccccc1Cl. The molecule has 25 heavy (non-hydrogen) atoms. The fourth-order valence-electron chi connectivity index (χ4n) is 2.10. The molecule has 0 unspecified atom stereocenters. The number of halogens is 1. The molecule has 6 heteroatoms. The van der Waals surface area contributed by atoms with Gasteiger partial charge in [0.25, 0.3) is 5.91 Å². The number of hydrogen-bond donors (Lipinski definition) is 1. The zero-order valence-corrected chi connectivity index (χ0v) is 14.4. The van der Waals surface area contributed by atoms with E-state index in [1.165, 1.54) is 6.08 Å². The summed E-state index contributed by atoms with van der Waals surface area (Å²) in [6.07, 6.45) is 1.41.